The molecule has 0 unspecified atom stereocenters. The van der Waals surface area contributed by atoms with Crippen LogP contribution in [0.25, 0.3) is 10.9 Å². The number of esters is 2. The van der Waals surface area contributed by atoms with Crippen molar-refractivity contribution < 1.29 is 33.8 Å². The molecular weight excluding hydrogens is 368 g/mol. The summed E-state index contributed by atoms with van der Waals surface area (Å²) in [6.45, 7) is 1.35. The molecule has 2 N–H and O–H groups in total. The molecule has 0 saturated heterocycles. The SMILES string of the molecule is COC(=O)C(C(=O)OC)[C@H](C)[C@@H](NC(=O)c1cccc2cccnc12)C(=O)O. The van der Waals surface area contributed by atoms with Crippen molar-refractivity contribution in [2.75, 3.05) is 14.2 Å². The summed E-state index contributed by atoms with van der Waals surface area (Å²) in [4.78, 5) is 52.6. The maximum absolute atomic E-state index is 12.7. The number of benzene rings is 1. The number of aliphatic carboxylic acids is 1. The van der Waals surface area contributed by atoms with Gasteiger partial charge in [0.05, 0.1) is 25.3 Å². The number of carbonyl (C=O) groups is 4. The number of aromatic nitrogens is 1. The van der Waals surface area contributed by atoms with Gasteiger partial charge in [0, 0.05) is 17.5 Å². The van der Waals surface area contributed by atoms with E-state index in [2.05, 4.69) is 19.8 Å². The van der Waals surface area contributed by atoms with Crippen molar-refractivity contribution in [3.8, 4) is 0 Å². The van der Waals surface area contributed by atoms with E-state index >= 15 is 0 Å². The summed E-state index contributed by atoms with van der Waals surface area (Å²) in [5.41, 5.74) is 0.570. The van der Waals surface area contributed by atoms with Crippen LogP contribution in [0.2, 0.25) is 0 Å². The summed E-state index contributed by atoms with van der Waals surface area (Å²) >= 11 is 0. The van der Waals surface area contributed by atoms with Crippen molar-refractivity contribution in [1.29, 1.82) is 0 Å². The predicted molar refractivity (Wildman–Crippen MR) is 97.3 cm³/mol. The second-order valence-corrected chi connectivity index (χ2v) is 6.05. The van der Waals surface area contributed by atoms with Crippen LogP contribution >= 0.6 is 0 Å². The Bertz CT molecular complexity index is 891. The number of carboxylic acids is 1. The zero-order chi connectivity index (χ0) is 20.8. The molecule has 1 amide bonds. The summed E-state index contributed by atoms with van der Waals surface area (Å²) in [6, 6.07) is 6.84. The van der Waals surface area contributed by atoms with Crippen LogP contribution < -0.4 is 5.32 Å². The van der Waals surface area contributed by atoms with Crippen LogP contribution in [0, 0.1) is 11.8 Å². The van der Waals surface area contributed by atoms with Crippen molar-refractivity contribution in [3.63, 3.8) is 0 Å². The van der Waals surface area contributed by atoms with Crippen molar-refractivity contribution in [2.45, 2.75) is 13.0 Å². The number of carboxylic acid groups (broad SMARTS) is 1. The minimum atomic E-state index is -1.55. The van der Waals surface area contributed by atoms with Crippen molar-refractivity contribution >= 4 is 34.7 Å². The van der Waals surface area contributed by atoms with Crippen molar-refractivity contribution in [2.24, 2.45) is 11.8 Å². The maximum atomic E-state index is 12.7. The molecule has 0 bridgehead atoms. The smallest absolute Gasteiger partial charge is 0.326 e. The molecule has 0 aliphatic carbocycles. The van der Waals surface area contributed by atoms with Gasteiger partial charge in [-0.3, -0.25) is 19.4 Å². The third-order valence-corrected chi connectivity index (χ3v) is 4.39. The lowest BCUT2D eigenvalue weighted by atomic mass is 9.87. The molecule has 0 spiro atoms. The maximum Gasteiger partial charge on any atom is 0.326 e. The second-order valence-electron chi connectivity index (χ2n) is 6.05. The Labute approximate surface area is 160 Å². The van der Waals surface area contributed by atoms with Crippen LogP contribution in [0.15, 0.2) is 36.5 Å². The Morgan fingerprint density at radius 2 is 1.64 bits per heavy atom. The van der Waals surface area contributed by atoms with Gasteiger partial charge in [-0.2, -0.15) is 0 Å². The Morgan fingerprint density at radius 1 is 1.04 bits per heavy atom. The van der Waals surface area contributed by atoms with Gasteiger partial charge in [0.15, 0.2) is 5.92 Å². The highest BCUT2D eigenvalue weighted by molar-refractivity contribution is 6.06. The van der Waals surface area contributed by atoms with E-state index in [1.165, 1.54) is 19.2 Å². The topological polar surface area (TPSA) is 132 Å². The number of rotatable bonds is 7. The summed E-state index contributed by atoms with van der Waals surface area (Å²) in [7, 11) is 2.14. The van der Waals surface area contributed by atoms with E-state index in [-0.39, 0.29) is 5.56 Å². The third-order valence-electron chi connectivity index (χ3n) is 4.39. The van der Waals surface area contributed by atoms with Gasteiger partial charge in [-0.15, -0.1) is 0 Å². The first kappa shape index (κ1) is 20.8. The van der Waals surface area contributed by atoms with Gasteiger partial charge in [-0.1, -0.05) is 25.1 Å². The van der Waals surface area contributed by atoms with E-state index in [0.29, 0.717) is 10.9 Å². The molecule has 0 aliphatic heterocycles. The van der Waals surface area contributed by atoms with Gasteiger partial charge < -0.3 is 19.9 Å². The van der Waals surface area contributed by atoms with Gasteiger partial charge >= 0.3 is 17.9 Å². The monoisotopic (exact) mass is 388 g/mol. The number of para-hydroxylation sites is 1. The van der Waals surface area contributed by atoms with Crippen LogP contribution in [0.1, 0.15) is 17.3 Å². The van der Waals surface area contributed by atoms with Crippen LogP contribution in [-0.4, -0.2) is 54.2 Å². The van der Waals surface area contributed by atoms with Crippen molar-refractivity contribution in [3.05, 3.63) is 42.1 Å². The normalized spacial score (nSPS) is 12.9. The molecule has 1 aromatic carbocycles. The van der Waals surface area contributed by atoms with Gasteiger partial charge in [0.25, 0.3) is 5.91 Å². The first-order chi connectivity index (χ1) is 13.3. The standard InChI is InChI=1S/C19H20N2O7/c1-10(13(18(25)27-2)19(26)28-3)14(17(23)24)21-16(22)12-8-4-6-11-7-5-9-20-15(11)12/h4-10,13-14H,1-3H3,(H,21,22)(H,23,24)/t10-,14+/m0/s1. The second kappa shape index (κ2) is 8.94. The van der Waals surface area contributed by atoms with Gasteiger partial charge in [-0.25, -0.2) is 4.79 Å². The number of ether oxygens (including phenoxy) is 2. The number of hydrogen-bond acceptors (Lipinski definition) is 7. The Hall–Kier alpha value is -3.49. The number of pyridine rings is 1. The number of nitrogens with one attached hydrogen (secondary N) is 1. The zero-order valence-electron chi connectivity index (χ0n) is 15.5. The lowest BCUT2D eigenvalue weighted by molar-refractivity contribution is -0.162. The molecule has 9 nitrogen and oxygen atoms in total. The third kappa shape index (κ3) is 4.25. The van der Waals surface area contributed by atoms with E-state index in [1.807, 2.05) is 0 Å². The number of methoxy groups -OCH3 is 2. The quantitative estimate of drug-likeness (QED) is 0.531. The molecule has 2 atom stereocenters. The zero-order valence-corrected chi connectivity index (χ0v) is 15.5. The van der Waals surface area contributed by atoms with Crippen LogP contribution in [0.5, 0.6) is 0 Å². The number of fused-ring (bicyclic) bond motifs is 1. The Balaban J connectivity index is 2.35. The molecule has 1 aromatic heterocycles. The Morgan fingerprint density at radius 3 is 2.21 bits per heavy atom. The first-order valence-corrected chi connectivity index (χ1v) is 8.34. The summed E-state index contributed by atoms with van der Waals surface area (Å²) in [6.07, 6.45) is 1.51. The first-order valence-electron chi connectivity index (χ1n) is 8.34. The molecule has 0 radical (unpaired) electrons. The number of amides is 1. The van der Waals surface area contributed by atoms with E-state index in [1.54, 1.807) is 24.3 Å². The molecule has 148 valence electrons. The fourth-order valence-electron chi connectivity index (χ4n) is 2.90. The molecule has 0 aliphatic rings. The van der Waals surface area contributed by atoms with Crippen LogP contribution in [-0.2, 0) is 23.9 Å². The highest BCUT2D eigenvalue weighted by Gasteiger charge is 2.42. The molecule has 2 aromatic rings. The van der Waals surface area contributed by atoms with E-state index in [9.17, 15) is 24.3 Å². The summed E-state index contributed by atoms with van der Waals surface area (Å²) in [5, 5.41) is 12.7. The van der Waals surface area contributed by atoms with E-state index < -0.39 is 41.7 Å². The van der Waals surface area contributed by atoms with Crippen LogP contribution in [0.4, 0.5) is 0 Å². The van der Waals surface area contributed by atoms with Gasteiger partial charge in [0.2, 0.25) is 0 Å². The fraction of sp³-hybridized carbons (Fsp3) is 0.316. The molecule has 2 rings (SSSR count). The number of carbonyl (C=O) groups excluding carboxylic acids is 3. The van der Waals surface area contributed by atoms with Crippen molar-refractivity contribution in [1.82, 2.24) is 10.3 Å². The van der Waals surface area contributed by atoms with E-state index in [0.717, 1.165) is 14.2 Å². The lowest BCUT2D eigenvalue weighted by Gasteiger charge is -2.26. The average molecular weight is 388 g/mol. The molecule has 1 heterocycles. The summed E-state index contributed by atoms with van der Waals surface area (Å²) < 4.78 is 9.16. The molecular formula is C19H20N2O7. The summed E-state index contributed by atoms with van der Waals surface area (Å²) in [5.74, 6) is -6.66. The minimum Gasteiger partial charge on any atom is -0.480 e. The van der Waals surface area contributed by atoms with Gasteiger partial charge in [0.1, 0.15) is 6.04 Å². The van der Waals surface area contributed by atoms with Crippen LogP contribution in [0.3, 0.4) is 0 Å². The van der Waals surface area contributed by atoms with Gasteiger partial charge in [-0.05, 0) is 12.1 Å². The largest absolute Gasteiger partial charge is 0.480 e. The highest BCUT2D eigenvalue weighted by Crippen LogP contribution is 2.21. The molecule has 9 heteroatoms. The lowest BCUT2D eigenvalue weighted by Crippen LogP contribution is -2.50. The predicted octanol–water partition coefficient (Wildman–Crippen LogP) is 1.02. The molecule has 0 saturated carbocycles. The minimum absolute atomic E-state index is 0.171. The number of hydrogen-bond donors (Lipinski definition) is 2. The average Bonchev–Trinajstić information content (AvgIpc) is 2.70. The molecule has 0 fully saturated rings. The van der Waals surface area contributed by atoms with E-state index in [4.69, 9.17) is 0 Å². The number of nitrogens with zero attached hydrogens (tertiary/aromatic N) is 1. The Kier molecular flexibility index (Phi) is 6.64. The fourth-order valence-corrected chi connectivity index (χ4v) is 2.90. The highest BCUT2D eigenvalue weighted by atomic mass is 16.5. The molecule has 28 heavy (non-hydrogen) atoms.